The topological polar surface area (TPSA) is 61.9 Å². The van der Waals surface area contributed by atoms with E-state index in [1.165, 1.54) is 0 Å². The zero-order chi connectivity index (χ0) is 15.4. The molecule has 0 spiro atoms. The normalized spacial score (nSPS) is 10.7. The van der Waals surface area contributed by atoms with Crippen LogP contribution in [0.3, 0.4) is 0 Å². The minimum atomic E-state index is -0.236. The molecule has 0 fully saturated rings. The van der Waals surface area contributed by atoms with Gasteiger partial charge in [-0.25, -0.2) is 4.98 Å². The molecule has 0 saturated heterocycles. The van der Waals surface area contributed by atoms with Gasteiger partial charge in [-0.3, -0.25) is 9.89 Å². The van der Waals surface area contributed by atoms with Crippen molar-refractivity contribution in [1.82, 2.24) is 20.1 Å². The Bertz CT molecular complexity index is 642. The summed E-state index contributed by atoms with van der Waals surface area (Å²) in [5.74, 6) is 0.671. The van der Waals surface area contributed by atoms with Gasteiger partial charge in [0.1, 0.15) is 5.82 Å². The molecule has 7 heteroatoms. The molecule has 0 radical (unpaired) electrons. The lowest BCUT2D eigenvalue weighted by Gasteiger charge is -2.15. The maximum Gasteiger partial charge on any atom is 0.293 e. The maximum absolute atomic E-state index is 12.2. The number of carbonyl (C=O) groups is 1. The highest BCUT2D eigenvalue weighted by molar-refractivity contribution is 6.42. The van der Waals surface area contributed by atoms with Gasteiger partial charge in [-0.1, -0.05) is 36.2 Å². The van der Waals surface area contributed by atoms with E-state index in [1.54, 1.807) is 24.1 Å². The van der Waals surface area contributed by atoms with E-state index in [0.717, 1.165) is 24.2 Å². The van der Waals surface area contributed by atoms with Crippen LogP contribution in [0.1, 0.15) is 35.4 Å². The summed E-state index contributed by atoms with van der Waals surface area (Å²) in [6.07, 6.45) is 1.72. The Morgan fingerprint density at radius 2 is 2.10 bits per heavy atom. The van der Waals surface area contributed by atoms with Crippen LogP contribution in [0, 0.1) is 0 Å². The number of rotatable bonds is 5. The Morgan fingerprint density at radius 3 is 2.76 bits per heavy atom. The number of nitrogens with zero attached hydrogens (tertiary/aromatic N) is 3. The van der Waals surface area contributed by atoms with Crippen molar-refractivity contribution in [2.45, 2.75) is 26.3 Å². The number of aryl methyl sites for hydroxylation is 1. The van der Waals surface area contributed by atoms with E-state index < -0.39 is 0 Å². The van der Waals surface area contributed by atoms with Gasteiger partial charge >= 0.3 is 0 Å². The van der Waals surface area contributed by atoms with E-state index in [-0.39, 0.29) is 11.7 Å². The average molecular weight is 327 g/mol. The molecule has 0 aliphatic heterocycles. The van der Waals surface area contributed by atoms with Gasteiger partial charge in [0.05, 0.1) is 10.0 Å². The van der Waals surface area contributed by atoms with E-state index in [4.69, 9.17) is 23.2 Å². The summed E-state index contributed by atoms with van der Waals surface area (Å²) in [5, 5.41) is 7.69. The maximum atomic E-state index is 12.2. The molecule has 112 valence electrons. The first kappa shape index (κ1) is 15.8. The van der Waals surface area contributed by atoms with E-state index >= 15 is 0 Å². The monoisotopic (exact) mass is 326 g/mol. The van der Waals surface area contributed by atoms with Gasteiger partial charge in [-0.05, 0) is 24.1 Å². The molecule has 1 N–H and O–H groups in total. The molecule has 0 saturated carbocycles. The smallest absolute Gasteiger partial charge is 0.293 e. The molecule has 0 unspecified atom stereocenters. The summed E-state index contributed by atoms with van der Waals surface area (Å²) in [6.45, 7) is 2.45. The second kappa shape index (κ2) is 6.91. The van der Waals surface area contributed by atoms with Gasteiger partial charge in [0.15, 0.2) is 0 Å². The highest BCUT2D eigenvalue weighted by atomic mass is 35.5. The van der Waals surface area contributed by atoms with Gasteiger partial charge in [0.25, 0.3) is 5.91 Å². The SMILES string of the molecule is CCCc1nc(C(=O)N(C)Cc2ccc(Cl)c(Cl)c2)n[nH]1. The average Bonchev–Trinajstić information content (AvgIpc) is 2.91. The number of benzene rings is 1. The Labute approximate surface area is 133 Å². The fraction of sp³-hybridized carbons (Fsp3) is 0.357. The molecule has 1 heterocycles. The molecule has 1 amide bonds. The van der Waals surface area contributed by atoms with Crippen molar-refractivity contribution in [2.24, 2.45) is 0 Å². The van der Waals surface area contributed by atoms with Crippen molar-refractivity contribution < 1.29 is 4.79 Å². The number of amides is 1. The molecule has 1 aromatic carbocycles. The van der Waals surface area contributed by atoms with Crippen LogP contribution >= 0.6 is 23.2 Å². The molecule has 0 aliphatic rings. The van der Waals surface area contributed by atoms with Gasteiger partial charge in [-0.2, -0.15) is 0 Å². The Kier molecular flexibility index (Phi) is 5.20. The van der Waals surface area contributed by atoms with Crippen LogP contribution in [0.25, 0.3) is 0 Å². The van der Waals surface area contributed by atoms with Crippen LogP contribution in [-0.4, -0.2) is 33.0 Å². The third-order valence-electron chi connectivity index (χ3n) is 2.96. The van der Waals surface area contributed by atoms with Crippen molar-refractivity contribution in [3.8, 4) is 0 Å². The molecule has 2 rings (SSSR count). The van der Waals surface area contributed by atoms with Crippen LogP contribution in [0.2, 0.25) is 10.0 Å². The molecule has 21 heavy (non-hydrogen) atoms. The summed E-state index contributed by atoms with van der Waals surface area (Å²) in [5.41, 5.74) is 0.893. The van der Waals surface area contributed by atoms with Crippen molar-refractivity contribution in [3.63, 3.8) is 0 Å². The molecule has 5 nitrogen and oxygen atoms in total. The number of carbonyl (C=O) groups excluding carboxylic acids is 1. The zero-order valence-electron chi connectivity index (χ0n) is 11.9. The number of halogens is 2. The van der Waals surface area contributed by atoms with Crippen molar-refractivity contribution in [3.05, 3.63) is 45.5 Å². The van der Waals surface area contributed by atoms with Gasteiger partial charge < -0.3 is 4.90 Å². The van der Waals surface area contributed by atoms with Crippen molar-refractivity contribution in [1.29, 1.82) is 0 Å². The Balaban J connectivity index is 2.05. The highest BCUT2D eigenvalue weighted by Crippen LogP contribution is 2.23. The second-order valence-corrected chi connectivity index (χ2v) is 5.58. The quantitative estimate of drug-likeness (QED) is 0.916. The summed E-state index contributed by atoms with van der Waals surface area (Å²) in [4.78, 5) is 18.0. The zero-order valence-corrected chi connectivity index (χ0v) is 13.4. The minimum Gasteiger partial charge on any atom is -0.335 e. The molecule has 0 bridgehead atoms. The fourth-order valence-corrected chi connectivity index (χ4v) is 2.21. The number of H-pyrrole nitrogens is 1. The number of aromatic amines is 1. The number of aromatic nitrogens is 3. The summed E-state index contributed by atoms with van der Waals surface area (Å²) in [6, 6.07) is 5.29. The number of nitrogens with one attached hydrogen (secondary N) is 1. The van der Waals surface area contributed by atoms with Crippen LogP contribution in [0.4, 0.5) is 0 Å². The van der Waals surface area contributed by atoms with Crippen LogP contribution in [0.5, 0.6) is 0 Å². The molecular formula is C14H16Cl2N4O. The standard InChI is InChI=1S/C14H16Cl2N4O/c1-3-4-12-17-13(19-18-12)14(21)20(2)8-9-5-6-10(15)11(16)7-9/h5-7H,3-4,8H2,1-2H3,(H,17,18,19). The van der Waals surface area contributed by atoms with Gasteiger partial charge in [0, 0.05) is 20.0 Å². The predicted molar refractivity (Wildman–Crippen MR) is 82.6 cm³/mol. The van der Waals surface area contributed by atoms with Crippen molar-refractivity contribution >= 4 is 29.1 Å². The van der Waals surface area contributed by atoms with Crippen molar-refractivity contribution in [2.75, 3.05) is 7.05 Å². The van der Waals surface area contributed by atoms with E-state index in [1.807, 2.05) is 13.0 Å². The molecule has 1 aromatic heterocycles. The predicted octanol–water partition coefficient (Wildman–Crippen LogP) is 3.34. The van der Waals surface area contributed by atoms with Gasteiger partial charge in [-0.15, -0.1) is 5.10 Å². The Hall–Kier alpha value is -1.59. The van der Waals surface area contributed by atoms with E-state index in [2.05, 4.69) is 15.2 Å². The van der Waals surface area contributed by atoms with E-state index in [0.29, 0.717) is 16.6 Å². The molecule has 0 aliphatic carbocycles. The molecular weight excluding hydrogens is 311 g/mol. The van der Waals surface area contributed by atoms with Crippen LogP contribution < -0.4 is 0 Å². The third kappa shape index (κ3) is 3.95. The van der Waals surface area contributed by atoms with Crippen LogP contribution in [-0.2, 0) is 13.0 Å². The summed E-state index contributed by atoms with van der Waals surface area (Å²) < 4.78 is 0. The lowest BCUT2D eigenvalue weighted by molar-refractivity contribution is 0.0773. The molecule has 0 atom stereocenters. The minimum absolute atomic E-state index is 0.181. The fourth-order valence-electron chi connectivity index (χ4n) is 1.89. The summed E-state index contributed by atoms with van der Waals surface area (Å²) >= 11 is 11.8. The first-order valence-electron chi connectivity index (χ1n) is 6.62. The van der Waals surface area contributed by atoms with Crippen LogP contribution in [0.15, 0.2) is 18.2 Å². The highest BCUT2D eigenvalue weighted by Gasteiger charge is 2.17. The lowest BCUT2D eigenvalue weighted by atomic mass is 10.2. The number of hydrogen-bond acceptors (Lipinski definition) is 3. The Morgan fingerprint density at radius 1 is 1.33 bits per heavy atom. The largest absolute Gasteiger partial charge is 0.335 e. The third-order valence-corrected chi connectivity index (χ3v) is 3.70. The second-order valence-electron chi connectivity index (χ2n) is 4.77. The summed E-state index contributed by atoms with van der Waals surface area (Å²) in [7, 11) is 1.70. The lowest BCUT2D eigenvalue weighted by Crippen LogP contribution is -2.27. The van der Waals surface area contributed by atoms with Gasteiger partial charge in [0.2, 0.25) is 5.82 Å². The first-order valence-corrected chi connectivity index (χ1v) is 7.37. The first-order chi connectivity index (χ1) is 10.0. The van der Waals surface area contributed by atoms with E-state index in [9.17, 15) is 4.79 Å². The number of hydrogen-bond donors (Lipinski definition) is 1. The molecule has 2 aromatic rings.